The SMILES string of the molecule is N#Cc1cc(N2CCC(C3CCCO3)CC2)ccc1[N+](=O)[O-]. The van der Waals surface area contributed by atoms with Crippen LogP contribution in [0.5, 0.6) is 0 Å². The van der Waals surface area contributed by atoms with Crippen molar-refractivity contribution < 1.29 is 9.66 Å². The lowest BCUT2D eigenvalue weighted by Gasteiger charge is -2.35. The van der Waals surface area contributed by atoms with Crippen molar-refractivity contribution in [1.82, 2.24) is 0 Å². The molecule has 1 aromatic rings. The number of benzene rings is 1. The molecule has 1 unspecified atom stereocenters. The summed E-state index contributed by atoms with van der Waals surface area (Å²) in [6.45, 7) is 2.71. The smallest absolute Gasteiger partial charge is 0.287 e. The fraction of sp³-hybridized carbons (Fsp3) is 0.562. The third kappa shape index (κ3) is 2.90. The molecule has 0 N–H and O–H groups in total. The molecule has 1 aromatic carbocycles. The maximum atomic E-state index is 10.9. The summed E-state index contributed by atoms with van der Waals surface area (Å²) in [6.07, 6.45) is 4.89. The summed E-state index contributed by atoms with van der Waals surface area (Å²) in [6, 6.07) is 6.72. The molecule has 116 valence electrons. The van der Waals surface area contributed by atoms with Gasteiger partial charge in [0.25, 0.3) is 5.69 Å². The van der Waals surface area contributed by atoms with Gasteiger partial charge in [0.1, 0.15) is 11.6 Å². The minimum atomic E-state index is -0.508. The summed E-state index contributed by atoms with van der Waals surface area (Å²) in [4.78, 5) is 12.6. The van der Waals surface area contributed by atoms with Crippen LogP contribution >= 0.6 is 0 Å². The van der Waals surface area contributed by atoms with Crippen LogP contribution in [0, 0.1) is 27.4 Å². The van der Waals surface area contributed by atoms with E-state index in [1.165, 1.54) is 18.9 Å². The van der Waals surface area contributed by atoms with Crippen LogP contribution in [0.1, 0.15) is 31.2 Å². The maximum Gasteiger partial charge on any atom is 0.287 e. The molecule has 2 heterocycles. The van der Waals surface area contributed by atoms with E-state index < -0.39 is 4.92 Å². The summed E-state index contributed by atoms with van der Waals surface area (Å²) in [5.74, 6) is 0.618. The Balaban J connectivity index is 1.68. The molecule has 1 atom stereocenters. The van der Waals surface area contributed by atoms with Crippen molar-refractivity contribution in [2.75, 3.05) is 24.6 Å². The molecule has 6 nitrogen and oxygen atoms in total. The van der Waals surface area contributed by atoms with Crippen LogP contribution in [-0.4, -0.2) is 30.7 Å². The Morgan fingerprint density at radius 3 is 2.68 bits per heavy atom. The first-order valence-corrected chi connectivity index (χ1v) is 7.74. The molecule has 6 heteroatoms. The van der Waals surface area contributed by atoms with Crippen molar-refractivity contribution in [2.45, 2.75) is 31.8 Å². The van der Waals surface area contributed by atoms with Crippen LogP contribution < -0.4 is 4.90 Å². The largest absolute Gasteiger partial charge is 0.378 e. The monoisotopic (exact) mass is 301 g/mol. The van der Waals surface area contributed by atoms with E-state index in [0.717, 1.165) is 38.2 Å². The van der Waals surface area contributed by atoms with E-state index in [4.69, 9.17) is 10.00 Å². The van der Waals surface area contributed by atoms with Crippen molar-refractivity contribution in [1.29, 1.82) is 5.26 Å². The van der Waals surface area contributed by atoms with E-state index in [0.29, 0.717) is 12.0 Å². The highest BCUT2D eigenvalue weighted by atomic mass is 16.6. The lowest BCUT2D eigenvalue weighted by molar-refractivity contribution is -0.385. The Hall–Kier alpha value is -2.13. The molecule has 0 saturated carbocycles. The number of ether oxygens (including phenoxy) is 1. The fourth-order valence-corrected chi connectivity index (χ4v) is 3.47. The van der Waals surface area contributed by atoms with Gasteiger partial charge in [-0.25, -0.2) is 0 Å². The van der Waals surface area contributed by atoms with Gasteiger partial charge in [-0.05, 0) is 43.7 Å². The third-order valence-corrected chi connectivity index (χ3v) is 4.69. The second-order valence-corrected chi connectivity index (χ2v) is 5.95. The number of piperidine rings is 1. The number of hydrogen-bond acceptors (Lipinski definition) is 5. The molecule has 2 saturated heterocycles. The molecule has 0 amide bonds. The Morgan fingerprint density at radius 1 is 1.32 bits per heavy atom. The first-order valence-electron chi connectivity index (χ1n) is 7.74. The minimum absolute atomic E-state index is 0.125. The predicted octanol–water partition coefficient (Wildman–Crippen LogP) is 2.86. The normalized spacial score (nSPS) is 22.5. The molecule has 2 aliphatic rings. The van der Waals surface area contributed by atoms with Gasteiger partial charge in [-0.3, -0.25) is 10.1 Å². The van der Waals surface area contributed by atoms with Crippen LogP contribution in [0.3, 0.4) is 0 Å². The van der Waals surface area contributed by atoms with Crippen molar-refractivity contribution in [3.8, 4) is 6.07 Å². The minimum Gasteiger partial charge on any atom is -0.378 e. The molecule has 0 spiro atoms. The van der Waals surface area contributed by atoms with Gasteiger partial charge in [-0.15, -0.1) is 0 Å². The van der Waals surface area contributed by atoms with Gasteiger partial charge in [-0.1, -0.05) is 0 Å². The Kier molecular flexibility index (Phi) is 4.25. The van der Waals surface area contributed by atoms with Gasteiger partial charge >= 0.3 is 0 Å². The molecular formula is C16H19N3O3. The summed E-state index contributed by atoms with van der Waals surface area (Å²) >= 11 is 0. The molecule has 0 radical (unpaired) electrons. The van der Waals surface area contributed by atoms with E-state index in [9.17, 15) is 10.1 Å². The number of nitrogens with zero attached hydrogens (tertiary/aromatic N) is 3. The van der Waals surface area contributed by atoms with Gasteiger partial charge in [0.2, 0.25) is 0 Å². The number of hydrogen-bond donors (Lipinski definition) is 0. The first-order chi connectivity index (χ1) is 10.7. The van der Waals surface area contributed by atoms with Gasteiger partial charge in [0, 0.05) is 31.5 Å². The summed E-state index contributed by atoms with van der Waals surface area (Å²) in [5, 5.41) is 20.0. The summed E-state index contributed by atoms with van der Waals surface area (Å²) < 4.78 is 5.78. The van der Waals surface area contributed by atoms with Gasteiger partial charge in [0.15, 0.2) is 0 Å². The molecule has 0 bridgehead atoms. The molecular weight excluding hydrogens is 282 g/mol. The van der Waals surface area contributed by atoms with Crippen molar-refractivity contribution in [2.24, 2.45) is 5.92 Å². The predicted molar refractivity (Wildman–Crippen MR) is 81.7 cm³/mol. The van der Waals surface area contributed by atoms with Crippen LogP contribution in [0.4, 0.5) is 11.4 Å². The third-order valence-electron chi connectivity index (χ3n) is 4.69. The molecule has 22 heavy (non-hydrogen) atoms. The van der Waals surface area contributed by atoms with Gasteiger partial charge < -0.3 is 9.64 Å². The van der Waals surface area contributed by atoms with E-state index in [2.05, 4.69) is 4.90 Å². The highest BCUT2D eigenvalue weighted by Gasteiger charge is 2.29. The van der Waals surface area contributed by atoms with Crippen molar-refractivity contribution in [3.05, 3.63) is 33.9 Å². The fourth-order valence-electron chi connectivity index (χ4n) is 3.47. The second-order valence-electron chi connectivity index (χ2n) is 5.95. The van der Waals surface area contributed by atoms with E-state index in [-0.39, 0.29) is 11.3 Å². The number of nitro benzene ring substituents is 1. The Labute approximate surface area is 129 Å². The topological polar surface area (TPSA) is 79.4 Å². The maximum absolute atomic E-state index is 10.9. The van der Waals surface area contributed by atoms with Crippen molar-refractivity contribution in [3.63, 3.8) is 0 Å². The molecule has 0 aliphatic carbocycles. The first kappa shape index (κ1) is 14.8. The van der Waals surface area contributed by atoms with Gasteiger partial charge in [0.05, 0.1) is 11.0 Å². The second kappa shape index (κ2) is 6.32. The zero-order valence-corrected chi connectivity index (χ0v) is 12.4. The molecule has 3 rings (SSSR count). The van der Waals surface area contributed by atoms with E-state index in [1.807, 2.05) is 6.07 Å². The zero-order valence-electron chi connectivity index (χ0n) is 12.4. The van der Waals surface area contributed by atoms with Crippen molar-refractivity contribution >= 4 is 11.4 Å². The number of anilines is 1. The molecule has 2 fully saturated rings. The Bertz CT molecular complexity index is 597. The van der Waals surface area contributed by atoms with E-state index in [1.54, 1.807) is 12.1 Å². The number of nitriles is 1. The highest BCUT2D eigenvalue weighted by Crippen LogP contribution is 2.32. The average Bonchev–Trinajstić information content (AvgIpc) is 3.08. The van der Waals surface area contributed by atoms with Crippen LogP contribution in [0.25, 0.3) is 0 Å². The van der Waals surface area contributed by atoms with Crippen LogP contribution in [-0.2, 0) is 4.74 Å². The van der Waals surface area contributed by atoms with E-state index >= 15 is 0 Å². The number of nitro groups is 1. The van der Waals surface area contributed by atoms with Crippen LogP contribution in [0.15, 0.2) is 18.2 Å². The highest BCUT2D eigenvalue weighted by molar-refractivity contribution is 5.60. The average molecular weight is 301 g/mol. The van der Waals surface area contributed by atoms with Gasteiger partial charge in [-0.2, -0.15) is 5.26 Å². The Morgan fingerprint density at radius 2 is 2.09 bits per heavy atom. The zero-order chi connectivity index (χ0) is 15.5. The standard InChI is InChI=1S/C16H19N3O3/c17-11-13-10-14(3-4-15(13)19(20)21)18-7-5-12(6-8-18)16-2-1-9-22-16/h3-4,10,12,16H,1-2,5-9H2. The molecule has 2 aliphatic heterocycles. The lowest BCUT2D eigenvalue weighted by atomic mass is 9.89. The summed E-state index contributed by atoms with van der Waals surface area (Å²) in [5.41, 5.74) is 0.900. The van der Waals surface area contributed by atoms with Crippen LogP contribution in [0.2, 0.25) is 0 Å². The lowest BCUT2D eigenvalue weighted by Crippen LogP contribution is -2.37. The molecule has 0 aromatic heterocycles. The quantitative estimate of drug-likeness (QED) is 0.633. The summed E-state index contributed by atoms with van der Waals surface area (Å²) in [7, 11) is 0. The number of rotatable bonds is 3.